The Morgan fingerprint density at radius 2 is 2.00 bits per heavy atom. The van der Waals surface area contributed by atoms with Gasteiger partial charge in [0.25, 0.3) is 0 Å². The first-order chi connectivity index (χ1) is 13.4. The van der Waals surface area contributed by atoms with Crippen molar-refractivity contribution in [1.82, 2.24) is 15.2 Å². The van der Waals surface area contributed by atoms with Crippen molar-refractivity contribution >= 4 is 21.7 Å². The average Bonchev–Trinajstić information content (AvgIpc) is 3.38. The predicted octanol–water partition coefficient (Wildman–Crippen LogP) is 2.17. The maximum Gasteiger partial charge on any atom is 0.249 e. The maximum atomic E-state index is 12.3. The fourth-order valence-electron chi connectivity index (χ4n) is 3.27. The number of carbonyl (C=O) groups is 1. The smallest absolute Gasteiger partial charge is 0.249 e. The Morgan fingerprint density at radius 1 is 1.25 bits per heavy atom. The lowest BCUT2D eigenvalue weighted by molar-refractivity contribution is -0.115. The van der Waals surface area contributed by atoms with E-state index in [1.54, 1.807) is 25.3 Å². The summed E-state index contributed by atoms with van der Waals surface area (Å²) in [4.78, 5) is 16.4. The topological polar surface area (TPSA) is 123 Å². The van der Waals surface area contributed by atoms with Gasteiger partial charge in [-0.1, -0.05) is 12.8 Å². The molecule has 0 bridgehead atoms. The second kappa shape index (κ2) is 8.59. The number of nitrogens with one attached hydrogen (secondary N) is 2. The number of hydrogen-bond donors (Lipinski definition) is 2. The second-order valence-corrected chi connectivity index (χ2v) is 9.05. The number of rotatable bonds is 8. The molecule has 1 aromatic heterocycles. The summed E-state index contributed by atoms with van der Waals surface area (Å²) in [5.41, 5.74) is 0.653. The van der Waals surface area contributed by atoms with Gasteiger partial charge in [0, 0.05) is 12.5 Å². The highest BCUT2D eigenvalue weighted by molar-refractivity contribution is 7.92. The van der Waals surface area contributed by atoms with Crippen LogP contribution < -0.4 is 14.8 Å². The Bertz CT molecular complexity index is 935. The summed E-state index contributed by atoms with van der Waals surface area (Å²) >= 11 is 0. The van der Waals surface area contributed by atoms with Gasteiger partial charge in [-0.3, -0.25) is 15.2 Å². The van der Waals surface area contributed by atoms with E-state index in [1.807, 2.05) is 0 Å². The fourth-order valence-corrected chi connectivity index (χ4v) is 5.12. The second-order valence-electron chi connectivity index (χ2n) is 6.65. The minimum absolute atomic E-state index is 0.0798. The maximum absolute atomic E-state index is 12.3. The molecule has 1 aliphatic carbocycles. The van der Waals surface area contributed by atoms with Gasteiger partial charge in [-0.15, -0.1) is 5.10 Å². The third-order valence-electron chi connectivity index (χ3n) is 4.82. The summed E-state index contributed by atoms with van der Waals surface area (Å²) in [6, 6.07) is 5.23. The van der Waals surface area contributed by atoms with Gasteiger partial charge < -0.3 is 9.47 Å². The quantitative estimate of drug-likeness (QED) is 0.686. The lowest BCUT2D eigenvalue weighted by Gasteiger charge is -2.10. The van der Waals surface area contributed by atoms with Crippen molar-refractivity contribution in [3.63, 3.8) is 0 Å². The van der Waals surface area contributed by atoms with Crippen molar-refractivity contribution in [2.75, 3.05) is 25.3 Å². The number of nitrogens with zero attached hydrogens (tertiary/aromatic N) is 2. The molecule has 10 heteroatoms. The lowest BCUT2D eigenvalue weighted by Crippen LogP contribution is -2.24. The molecule has 0 spiro atoms. The van der Waals surface area contributed by atoms with Crippen LogP contribution in [0.2, 0.25) is 0 Å². The number of anilines is 1. The monoisotopic (exact) mass is 408 g/mol. The van der Waals surface area contributed by atoms with Crippen LogP contribution in [0.4, 0.5) is 5.95 Å². The molecular weight excluding hydrogens is 384 g/mol. The summed E-state index contributed by atoms with van der Waals surface area (Å²) in [5.74, 6) is 1.07. The van der Waals surface area contributed by atoms with Crippen molar-refractivity contribution in [1.29, 1.82) is 0 Å². The molecule has 28 heavy (non-hydrogen) atoms. The normalized spacial score (nSPS) is 14.8. The highest BCUT2D eigenvalue weighted by atomic mass is 32.2. The number of aromatic nitrogens is 3. The number of carbonyl (C=O) groups excluding carboxylic acids is 1. The number of ether oxygens (including phenoxy) is 2. The van der Waals surface area contributed by atoms with Gasteiger partial charge in [-0.25, -0.2) is 8.42 Å². The van der Waals surface area contributed by atoms with Crippen molar-refractivity contribution in [2.24, 2.45) is 0 Å². The van der Waals surface area contributed by atoms with Crippen LogP contribution in [-0.4, -0.2) is 54.7 Å². The molecular formula is C18H24N4O5S. The SMILES string of the molecule is COc1ccc(-c2nc(NC(=O)CCS(=O)(=O)C3CCCC3)n[nH]2)c(OC)c1. The Kier molecular flexibility index (Phi) is 6.18. The average molecular weight is 408 g/mol. The molecule has 9 nitrogen and oxygen atoms in total. The molecule has 0 aliphatic heterocycles. The van der Waals surface area contributed by atoms with Crippen LogP contribution in [-0.2, 0) is 14.6 Å². The Morgan fingerprint density at radius 3 is 2.68 bits per heavy atom. The summed E-state index contributed by atoms with van der Waals surface area (Å²) in [7, 11) is -0.150. The molecule has 2 N–H and O–H groups in total. The fraction of sp³-hybridized carbons (Fsp3) is 0.500. The first kappa shape index (κ1) is 20.1. The third-order valence-corrected chi connectivity index (χ3v) is 7.08. The van der Waals surface area contributed by atoms with E-state index in [1.165, 1.54) is 7.11 Å². The van der Waals surface area contributed by atoms with E-state index in [9.17, 15) is 13.2 Å². The molecule has 1 aromatic carbocycles. The molecule has 1 aliphatic rings. The molecule has 0 saturated heterocycles. The molecule has 1 saturated carbocycles. The predicted molar refractivity (Wildman–Crippen MR) is 104 cm³/mol. The lowest BCUT2D eigenvalue weighted by atomic mass is 10.2. The van der Waals surface area contributed by atoms with Gasteiger partial charge in [0.2, 0.25) is 11.9 Å². The van der Waals surface area contributed by atoms with Crippen molar-refractivity contribution in [2.45, 2.75) is 37.4 Å². The third kappa shape index (κ3) is 4.61. The van der Waals surface area contributed by atoms with Gasteiger partial charge in [0.1, 0.15) is 11.5 Å². The highest BCUT2D eigenvalue weighted by Gasteiger charge is 2.29. The minimum atomic E-state index is -3.24. The zero-order chi connectivity index (χ0) is 20.1. The van der Waals surface area contributed by atoms with E-state index in [0.717, 1.165) is 12.8 Å². The number of aromatic amines is 1. The van der Waals surface area contributed by atoms with Crippen molar-refractivity contribution in [3.05, 3.63) is 18.2 Å². The molecule has 0 atom stereocenters. The van der Waals surface area contributed by atoms with E-state index in [2.05, 4.69) is 20.5 Å². The number of hydrogen-bond acceptors (Lipinski definition) is 7. The summed E-state index contributed by atoms with van der Waals surface area (Å²) in [5, 5.41) is 8.94. The first-order valence-electron chi connectivity index (χ1n) is 9.09. The van der Waals surface area contributed by atoms with E-state index in [4.69, 9.17) is 9.47 Å². The molecule has 1 fully saturated rings. The molecule has 0 radical (unpaired) electrons. The van der Waals surface area contributed by atoms with Crippen LogP contribution in [0.1, 0.15) is 32.1 Å². The van der Waals surface area contributed by atoms with Gasteiger partial charge in [-0.2, -0.15) is 4.98 Å². The van der Waals surface area contributed by atoms with Gasteiger partial charge in [0.05, 0.1) is 30.8 Å². The first-order valence-corrected chi connectivity index (χ1v) is 10.8. The molecule has 2 aromatic rings. The van der Waals surface area contributed by atoms with E-state index >= 15 is 0 Å². The molecule has 3 rings (SSSR count). The number of H-pyrrole nitrogens is 1. The zero-order valence-electron chi connectivity index (χ0n) is 15.9. The van der Waals surface area contributed by atoms with Crippen molar-refractivity contribution < 1.29 is 22.7 Å². The minimum Gasteiger partial charge on any atom is -0.497 e. The number of sulfone groups is 1. The van der Waals surface area contributed by atoms with Crippen LogP contribution in [0.25, 0.3) is 11.4 Å². The van der Waals surface area contributed by atoms with Crippen LogP contribution in [0.3, 0.4) is 0 Å². The van der Waals surface area contributed by atoms with Gasteiger partial charge in [0.15, 0.2) is 15.7 Å². The van der Waals surface area contributed by atoms with Crippen LogP contribution in [0.15, 0.2) is 18.2 Å². The Hall–Kier alpha value is -2.62. The molecule has 1 heterocycles. The zero-order valence-corrected chi connectivity index (χ0v) is 16.7. The van der Waals surface area contributed by atoms with Crippen molar-refractivity contribution in [3.8, 4) is 22.9 Å². The Balaban J connectivity index is 1.62. The summed E-state index contributed by atoms with van der Waals surface area (Å²) in [6.45, 7) is 0. The standard InChI is InChI=1S/C18H24N4O5S/c1-26-12-7-8-14(15(11-12)27-2)17-20-18(22-21-17)19-16(23)9-10-28(24,25)13-5-3-4-6-13/h7-8,11,13H,3-6,9-10H2,1-2H3,(H2,19,20,21,22,23). The van der Waals surface area contributed by atoms with E-state index in [-0.39, 0.29) is 23.4 Å². The molecule has 0 unspecified atom stereocenters. The Labute approximate surface area is 163 Å². The van der Waals surface area contributed by atoms with Gasteiger partial charge >= 0.3 is 0 Å². The number of amides is 1. The highest BCUT2D eigenvalue weighted by Crippen LogP contribution is 2.31. The van der Waals surface area contributed by atoms with Gasteiger partial charge in [-0.05, 0) is 25.0 Å². The van der Waals surface area contributed by atoms with E-state index < -0.39 is 15.7 Å². The van der Waals surface area contributed by atoms with Crippen LogP contribution in [0.5, 0.6) is 11.5 Å². The van der Waals surface area contributed by atoms with E-state index in [0.29, 0.717) is 35.7 Å². The summed E-state index contributed by atoms with van der Waals surface area (Å²) in [6.07, 6.45) is 3.14. The van der Waals surface area contributed by atoms with Crippen LogP contribution >= 0.6 is 0 Å². The molecule has 152 valence electrons. The largest absolute Gasteiger partial charge is 0.497 e. The summed E-state index contributed by atoms with van der Waals surface area (Å²) < 4.78 is 35.0. The number of benzene rings is 1. The molecule has 1 amide bonds. The van der Waals surface area contributed by atoms with Crippen LogP contribution in [0, 0.1) is 0 Å². The number of methoxy groups -OCH3 is 2.